The number of aryl methyl sites for hydroxylation is 3. The van der Waals surface area contributed by atoms with E-state index in [-0.39, 0.29) is 17.5 Å². The number of carbonyl (C=O) groups excluding carboxylic acids is 1. The van der Waals surface area contributed by atoms with Crippen LogP contribution in [0.1, 0.15) is 58.5 Å². The second-order valence-corrected chi connectivity index (χ2v) is 6.86. The summed E-state index contributed by atoms with van der Waals surface area (Å²) in [5.41, 5.74) is 2.98. The average molecular weight is 355 g/mol. The molecule has 26 heavy (non-hydrogen) atoms. The van der Waals surface area contributed by atoms with Crippen molar-refractivity contribution in [2.75, 3.05) is 6.54 Å². The summed E-state index contributed by atoms with van der Waals surface area (Å²) < 4.78 is 6.58. The number of piperidine rings is 1. The van der Waals surface area contributed by atoms with E-state index in [4.69, 9.17) is 4.52 Å². The zero-order chi connectivity index (χ0) is 18.4. The monoisotopic (exact) mass is 355 g/mol. The van der Waals surface area contributed by atoms with E-state index >= 15 is 0 Å². The molecule has 8 nitrogen and oxygen atoms in total. The number of aromatic amines is 1. The van der Waals surface area contributed by atoms with Crippen molar-refractivity contribution in [2.45, 2.75) is 46.1 Å². The lowest BCUT2D eigenvalue weighted by atomic mass is 9.97. The second kappa shape index (κ2) is 6.12. The fraction of sp³-hybridized carbons (Fsp3) is 0.444. The van der Waals surface area contributed by atoms with Crippen LogP contribution in [0.3, 0.4) is 0 Å². The number of likely N-dealkylation sites (tertiary alicyclic amines) is 1. The summed E-state index contributed by atoms with van der Waals surface area (Å²) in [5, 5.41) is 6.86. The first-order valence-corrected chi connectivity index (χ1v) is 8.79. The van der Waals surface area contributed by atoms with E-state index in [1.165, 1.54) is 10.6 Å². The minimum absolute atomic E-state index is 0.113. The smallest absolute Gasteiger partial charge is 0.272 e. The number of hydrogen-bond donors (Lipinski definition) is 1. The summed E-state index contributed by atoms with van der Waals surface area (Å²) in [4.78, 5) is 32.0. The fourth-order valence-electron chi connectivity index (χ4n) is 3.71. The summed E-state index contributed by atoms with van der Waals surface area (Å²) in [6.45, 7) is 6.01. The van der Waals surface area contributed by atoms with Gasteiger partial charge in [-0.2, -0.15) is 0 Å². The van der Waals surface area contributed by atoms with E-state index in [0.29, 0.717) is 34.9 Å². The van der Waals surface area contributed by atoms with Gasteiger partial charge in [-0.25, -0.2) is 9.50 Å². The number of aromatic nitrogens is 4. The van der Waals surface area contributed by atoms with Crippen LogP contribution < -0.4 is 5.56 Å². The molecular weight excluding hydrogens is 334 g/mol. The second-order valence-electron chi connectivity index (χ2n) is 6.86. The quantitative estimate of drug-likeness (QED) is 0.761. The third-order valence-corrected chi connectivity index (χ3v) is 4.95. The standard InChI is InChI=1S/C18H21N5O3/c1-10-8-15-19-13(9-16(24)23(15)20-10)14-6-4-5-7-22(14)18(25)17-11(2)21-26-12(17)3/h8-9,14,20H,4-7H2,1-3H3/t14-/m1/s1. The Morgan fingerprint density at radius 1 is 1.27 bits per heavy atom. The maximum atomic E-state index is 13.1. The predicted octanol–water partition coefficient (Wildman–Crippen LogP) is 2.30. The molecule has 0 radical (unpaired) electrons. The third kappa shape index (κ3) is 2.61. The van der Waals surface area contributed by atoms with Gasteiger partial charge in [-0.1, -0.05) is 5.16 Å². The number of nitrogens with zero attached hydrogens (tertiary/aromatic N) is 4. The largest absolute Gasteiger partial charge is 0.361 e. The van der Waals surface area contributed by atoms with E-state index < -0.39 is 0 Å². The Bertz CT molecular complexity index is 1030. The molecule has 0 spiro atoms. The molecule has 4 rings (SSSR count). The Morgan fingerprint density at radius 2 is 2.08 bits per heavy atom. The molecule has 3 aromatic rings. The topological polar surface area (TPSA) is 96.5 Å². The zero-order valence-corrected chi connectivity index (χ0v) is 15.1. The van der Waals surface area contributed by atoms with Gasteiger partial charge in [-0.15, -0.1) is 0 Å². The molecule has 1 atom stereocenters. The van der Waals surface area contributed by atoms with Crippen LogP contribution >= 0.6 is 0 Å². The first-order chi connectivity index (χ1) is 12.5. The minimum atomic E-state index is -0.224. The molecule has 1 N–H and O–H groups in total. The third-order valence-electron chi connectivity index (χ3n) is 4.95. The maximum Gasteiger partial charge on any atom is 0.272 e. The molecule has 1 amide bonds. The summed E-state index contributed by atoms with van der Waals surface area (Å²) in [5.74, 6) is 0.403. The maximum absolute atomic E-state index is 13.1. The number of nitrogens with one attached hydrogen (secondary N) is 1. The van der Waals surface area contributed by atoms with Gasteiger partial charge in [0, 0.05) is 24.4 Å². The van der Waals surface area contributed by atoms with E-state index in [2.05, 4.69) is 15.2 Å². The van der Waals surface area contributed by atoms with Gasteiger partial charge in [0.2, 0.25) is 0 Å². The van der Waals surface area contributed by atoms with Gasteiger partial charge in [0.1, 0.15) is 11.3 Å². The van der Waals surface area contributed by atoms with Gasteiger partial charge in [-0.3, -0.25) is 14.7 Å². The zero-order valence-electron chi connectivity index (χ0n) is 15.1. The van der Waals surface area contributed by atoms with Crippen LogP contribution in [0, 0.1) is 20.8 Å². The molecular formula is C18H21N5O3. The van der Waals surface area contributed by atoms with Crippen LogP contribution in [0.25, 0.3) is 5.65 Å². The van der Waals surface area contributed by atoms with Crippen molar-refractivity contribution in [1.29, 1.82) is 0 Å². The molecule has 8 heteroatoms. The highest BCUT2D eigenvalue weighted by Gasteiger charge is 2.33. The van der Waals surface area contributed by atoms with Crippen LogP contribution in [0.2, 0.25) is 0 Å². The first kappa shape index (κ1) is 16.6. The van der Waals surface area contributed by atoms with E-state index in [9.17, 15) is 9.59 Å². The fourth-order valence-corrected chi connectivity index (χ4v) is 3.71. The highest BCUT2D eigenvalue weighted by molar-refractivity contribution is 5.96. The Morgan fingerprint density at radius 3 is 2.81 bits per heavy atom. The molecule has 3 aromatic heterocycles. The molecule has 0 unspecified atom stereocenters. The van der Waals surface area contributed by atoms with Crippen molar-refractivity contribution in [3.63, 3.8) is 0 Å². The number of hydrogen-bond acceptors (Lipinski definition) is 5. The van der Waals surface area contributed by atoms with E-state index in [1.807, 2.05) is 13.0 Å². The summed E-state index contributed by atoms with van der Waals surface area (Å²) in [7, 11) is 0. The lowest BCUT2D eigenvalue weighted by molar-refractivity contribution is 0.0603. The molecule has 0 bridgehead atoms. The summed E-state index contributed by atoms with van der Waals surface area (Å²) in [6.07, 6.45) is 2.69. The Kier molecular flexibility index (Phi) is 3.90. The summed E-state index contributed by atoms with van der Waals surface area (Å²) >= 11 is 0. The van der Waals surface area contributed by atoms with Gasteiger partial charge >= 0.3 is 0 Å². The van der Waals surface area contributed by atoms with Crippen molar-refractivity contribution < 1.29 is 9.32 Å². The Hall–Kier alpha value is -2.90. The van der Waals surface area contributed by atoms with Crippen molar-refractivity contribution in [1.82, 2.24) is 24.7 Å². The molecule has 0 aliphatic carbocycles. The van der Waals surface area contributed by atoms with Crippen LogP contribution in [-0.4, -0.2) is 37.1 Å². The molecule has 0 aromatic carbocycles. The van der Waals surface area contributed by atoms with Crippen LogP contribution in [-0.2, 0) is 0 Å². The molecule has 1 saturated heterocycles. The SMILES string of the molecule is Cc1cc2nc([C@H]3CCCCN3C(=O)c3c(C)noc3C)cc(=O)n2[nH]1. The lowest BCUT2D eigenvalue weighted by Crippen LogP contribution is -2.39. The molecule has 1 aliphatic heterocycles. The van der Waals surface area contributed by atoms with E-state index in [0.717, 1.165) is 25.0 Å². The van der Waals surface area contributed by atoms with Crippen molar-refractivity contribution in [3.8, 4) is 0 Å². The molecule has 0 saturated carbocycles. The molecule has 136 valence electrons. The Balaban J connectivity index is 1.76. The molecule has 1 fully saturated rings. The molecule has 4 heterocycles. The lowest BCUT2D eigenvalue weighted by Gasteiger charge is -2.35. The average Bonchev–Trinajstić information content (AvgIpc) is 3.16. The molecule has 1 aliphatic rings. The number of carbonyl (C=O) groups is 1. The Labute approximate surface area is 149 Å². The van der Waals surface area contributed by atoms with Gasteiger partial charge in [0.25, 0.3) is 11.5 Å². The van der Waals surface area contributed by atoms with Gasteiger partial charge < -0.3 is 9.42 Å². The predicted molar refractivity (Wildman–Crippen MR) is 94.2 cm³/mol. The van der Waals surface area contributed by atoms with Crippen molar-refractivity contribution in [3.05, 3.63) is 50.9 Å². The van der Waals surface area contributed by atoms with E-state index in [1.54, 1.807) is 18.7 Å². The van der Waals surface area contributed by atoms with Crippen molar-refractivity contribution in [2.24, 2.45) is 0 Å². The highest BCUT2D eigenvalue weighted by Crippen LogP contribution is 2.32. The number of H-pyrrole nitrogens is 1. The van der Waals surface area contributed by atoms with Crippen LogP contribution in [0.5, 0.6) is 0 Å². The van der Waals surface area contributed by atoms with Crippen molar-refractivity contribution >= 4 is 11.6 Å². The first-order valence-electron chi connectivity index (χ1n) is 8.79. The van der Waals surface area contributed by atoms with Gasteiger partial charge in [0.05, 0.1) is 17.4 Å². The number of amides is 1. The normalized spacial score (nSPS) is 17.8. The number of rotatable bonds is 2. The van der Waals surface area contributed by atoms with Gasteiger partial charge in [0.15, 0.2) is 5.65 Å². The number of fused-ring (bicyclic) bond motifs is 1. The van der Waals surface area contributed by atoms with Crippen LogP contribution in [0.4, 0.5) is 0 Å². The van der Waals surface area contributed by atoms with Gasteiger partial charge in [-0.05, 0) is 40.0 Å². The summed E-state index contributed by atoms with van der Waals surface area (Å²) in [6, 6.07) is 3.12. The highest BCUT2D eigenvalue weighted by atomic mass is 16.5. The minimum Gasteiger partial charge on any atom is -0.361 e. The van der Waals surface area contributed by atoms with Crippen LogP contribution in [0.15, 0.2) is 21.5 Å².